The molecule has 1 N–H and O–H groups in total. The van der Waals surface area contributed by atoms with Gasteiger partial charge in [-0.15, -0.1) is 0 Å². The second-order valence-electron chi connectivity index (χ2n) is 6.89. The van der Waals surface area contributed by atoms with Crippen LogP contribution < -0.4 is 5.32 Å². The summed E-state index contributed by atoms with van der Waals surface area (Å²) in [4.78, 5) is 49.8. The minimum atomic E-state index is -1.09. The lowest BCUT2D eigenvalue weighted by molar-refractivity contribution is -0.159. The smallest absolute Gasteiger partial charge is 0.326 e. The molecule has 1 aliphatic carbocycles. The quantitative estimate of drug-likeness (QED) is 0.451. The molecular formula is C20H21FN2O5. The molecule has 3 atom stereocenters. The summed E-state index contributed by atoms with van der Waals surface area (Å²) in [6, 6.07) is 5.63. The van der Waals surface area contributed by atoms with Crippen LogP contribution in [0.5, 0.6) is 0 Å². The average Bonchev–Trinajstić information content (AvgIpc) is 2.92. The van der Waals surface area contributed by atoms with E-state index in [4.69, 9.17) is 4.74 Å². The van der Waals surface area contributed by atoms with Gasteiger partial charge >= 0.3 is 5.97 Å². The highest BCUT2D eigenvalue weighted by Gasteiger charge is 2.47. The number of ether oxygens (including phenoxy) is 1. The molecule has 28 heavy (non-hydrogen) atoms. The van der Waals surface area contributed by atoms with Gasteiger partial charge in [-0.1, -0.05) is 24.3 Å². The van der Waals surface area contributed by atoms with Crippen molar-refractivity contribution in [1.29, 1.82) is 0 Å². The highest BCUT2D eigenvalue weighted by atomic mass is 19.1. The predicted octanol–water partition coefficient (Wildman–Crippen LogP) is 1.32. The van der Waals surface area contributed by atoms with Crippen LogP contribution in [0.4, 0.5) is 4.39 Å². The fraction of sp³-hybridized carbons (Fsp3) is 0.400. The molecular weight excluding hydrogens is 367 g/mol. The van der Waals surface area contributed by atoms with Crippen molar-refractivity contribution in [2.45, 2.75) is 32.4 Å². The third-order valence-electron chi connectivity index (χ3n) is 4.94. The molecule has 1 saturated heterocycles. The van der Waals surface area contributed by atoms with Crippen LogP contribution in [0, 0.1) is 17.7 Å². The van der Waals surface area contributed by atoms with E-state index in [9.17, 15) is 23.6 Å². The zero-order valence-electron chi connectivity index (χ0n) is 15.4. The molecule has 148 valence electrons. The van der Waals surface area contributed by atoms with Gasteiger partial charge in [-0.3, -0.25) is 24.1 Å². The molecule has 7 nitrogen and oxygen atoms in total. The Balaban J connectivity index is 1.48. The van der Waals surface area contributed by atoms with Crippen LogP contribution in [-0.2, 0) is 30.5 Å². The topological polar surface area (TPSA) is 92.8 Å². The van der Waals surface area contributed by atoms with Crippen molar-refractivity contribution in [1.82, 2.24) is 10.2 Å². The number of likely N-dealkylation sites (tertiary alicyclic amines) is 1. The molecule has 0 bridgehead atoms. The van der Waals surface area contributed by atoms with Gasteiger partial charge in [0, 0.05) is 6.54 Å². The van der Waals surface area contributed by atoms with Crippen molar-refractivity contribution in [2.24, 2.45) is 11.8 Å². The molecule has 1 heterocycles. The standard InChI is InChI=1S/C20H21FN2O5/c1-12(18(25)22-10-13-6-8-14(21)9-7-13)28-17(24)11-23-19(26)15-4-2-3-5-16(15)20(23)27/h2-3,6-9,12,15-16H,4-5,10-11H2,1H3,(H,22,25)/t12-,15-,16+/m1/s1. The van der Waals surface area contributed by atoms with E-state index in [-0.39, 0.29) is 24.2 Å². The summed E-state index contributed by atoms with van der Waals surface area (Å²) in [5.74, 6) is -3.30. The third kappa shape index (κ3) is 4.27. The molecule has 2 aliphatic rings. The van der Waals surface area contributed by atoms with Crippen LogP contribution in [0.3, 0.4) is 0 Å². The number of fused-ring (bicyclic) bond motifs is 1. The van der Waals surface area contributed by atoms with Gasteiger partial charge in [0.25, 0.3) is 5.91 Å². The Morgan fingerprint density at radius 2 is 1.71 bits per heavy atom. The number of imide groups is 1. The van der Waals surface area contributed by atoms with Crippen LogP contribution in [-0.4, -0.2) is 41.2 Å². The molecule has 0 radical (unpaired) electrons. The SMILES string of the molecule is C[C@@H](OC(=O)CN1C(=O)[C@H]2CC=CC[C@H]2C1=O)C(=O)NCc1ccc(F)cc1. The van der Waals surface area contributed by atoms with Crippen LogP contribution in [0.25, 0.3) is 0 Å². The number of amides is 3. The molecule has 0 spiro atoms. The lowest BCUT2D eigenvalue weighted by Crippen LogP contribution is -2.40. The molecule has 3 amide bonds. The monoisotopic (exact) mass is 388 g/mol. The second-order valence-corrected chi connectivity index (χ2v) is 6.89. The fourth-order valence-electron chi connectivity index (χ4n) is 3.38. The average molecular weight is 388 g/mol. The van der Waals surface area contributed by atoms with Crippen LogP contribution >= 0.6 is 0 Å². The lowest BCUT2D eigenvalue weighted by Gasteiger charge is -2.17. The van der Waals surface area contributed by atoms with Crippen LogP contribution in [0.2, 0.25) is 0 Å². The largest absolute Gasteiger partial charge is 0.451 e. The number of carbonyl (C=O) groups excluding carboxylic acids is 4. The number of esters is 1. The summed E-state index contributed by atoms with van der Waals surface area (Å²) < 4.78 is 17.9. The number of nitrogens with zero attached hydrogens (tertiary/aromatic N) is 1. The minimum absolute atomic E-state index is 0.153. The minimum Gasteiger partial charge on any atom is -0.451 e. The van der Waals surface area contributed by atoms with Crippen molar-refractivity contribution < 1.29 is 28.3 Å². The van der Waals surface area contributed by atoms with Crippen molar-refractivity contribution in [3.63, 3.8) is 0 Å². The fourth-order valence-corrected chi connectivity index (χ4v) is 3.38. The Bertz CT molecular complexity index is 794. The van der Waals surface area contributed by atoms with Crippen molar-refractivity contribution in [2.75, 3.05) is 6.54 Å². The Morgan fingerprint density at radius 3 is 2.29 bits per heavy atom. The number of hydrogen-bond acceptors (Lipinski definition) is 5. The van der Waals surface area contributed by atoms with Gasteiger partial charge in [-0.05, 0) is 37.5 Å². The first kappa shape index (κ1) is 19.7. The maximum atomic E-state index is 12.9. The van der Waals surface area contributed by atoms with E-state index in [2.05, 4.69) is 5.32 Å². The van der Waals surface area contributed by atoms with Crippen molar-refractivity contribution in [3.8, 4) is 0 Å². The first-order chi connectivity index (χ1) is 13.4. The normalized spacial score (nSPS) is 22.0. The highest BCUT2D eigenvalue weighted by Crippen LogP contribution is 2.34. The van der Waals surface area contributed by atoms with E-state index >= 15 is 0 Å². The van der Waals surface area contributed by atoms with Crippen molar-refractivity contribution >= 4 is 23.7 Å². The molecule has 8 heteroatoms. The van der Waals surface area contributed by atoms with Gasteiger partial charge in [-0.2, -0.15) is 0 Å². The zero-order chi connectivity index (χ0) is 20.3. The molecule has 0 aromatic heterocycles. The summed E-state index contributed by atoms with van der Waals surface area (Å²) in [6.07, 6.45) is 3.61. The first-order valence-electron chi connectivity index (χ1n) is 9.08. The Morgan fingerprint density at radius 1 is 1.14 bits per heavy atom. The van der Waals surface area contributed by atoms with E-state index in [1.807, 2.05) is 12.2 Å². The predicted molar refractivity (Wildman–Crippen MR) is 95.9 cm³/mol. The number of nitrogens with one attached hydrogen (secondary N) is 1. The summed E-state index contributed by atoms with van der Waals surface area (Å²) in [5.41, 5.74) is 0.692. The van der Waals surface area contributed by atoms with Crippen LogP contribution in [0.1, 0.15) is 25.3 Å². The molecule has 0 unspecified atom stereocenters. The number of benzene rings is 1. The van der Waals surface area contributed by atoms with Gasteiger partial charge in [0.2, 0.25) is 11.8 Å². The molecule has 1 aromatic rings. The molecule has 1 aliphatic heterocycles. The van der Waals surface area contributed by atoms with Crippen molar-refractivity contribution in [3.05, 3.63) is 47.8 Å². The number of carbonyl (C=O) groups is 4. The molecule has 0 saturated carbocycles. The summed E-state index contributed by atoms with van der Waals surface area (Å²) in [6.45, 7) is 1.05. The Kier molecular flexibility index (Phi) is 5.87. The maximum absolute atomic E-state index is 12.9. The van der Waals surface area contributed by atoms with Gasteiger partial charge in [0.05, 0.1) is 11.8 Å². The first-order valence-corrected chi connectivity index (χ1v) is 9.08. The number of halogens is 1. The summed E-state index contributed by atoms with van der Waals surface area (Å²) >= 11 is 0. The van der Waals surface area contributed by atoms with E-state index in [0.717, 1.165) is 4.90 Å². The molecule has 3 rings (SSSR count). The number of hydrogen-bond donors (Lipinski definition) is 1. The van der Waals surface area contributed by atoms with Gasteiger partial charge in [0.15, 0.2) is 6.10 Å². The Hall–Kier alpha value is -3.03. The van der Waals surface area contributed by atoms with E-state index in [1.165, 1.54) is 31.2 Å². The van der Waals surface area contributed by atoms with Gasteiger partial charge < -0.3 is 10.1 Å². The highest BCUT2D eigenvalue weighted by molar-refractivity contribution is 6.07. The zero-order valence-corrected chi connectivity index (χ0v) is 15.4. The van der Waals surface area contributed by atoms with E-state index in [0.29, 0.717) is 18.4 Å². The number of allylic oxidation sites excluding steroid dienone is 2. The molecule has 1 fully saturated rings. The van der Waals surface area contributed by atoms with Gasteiger partial charge in [0.1, 0.15) is 12.4 Å². The molecule has 1 aromatic carbocycles. The van der Waals surface area contributed by atoms with E-state index in [1.54, 1.807) is 0 Å². The second kappa shape index (κ2) is 8.33. The maximum Gasteiger partial charge on any atom is 0.326 e. The van der Waals surface area contributed by atoms with E-state index < -0.39 is 36.4 Å². The number of rotatable bonds is 6. The van der Waals surface area contributed by atoms with Gasteiger partial charge in [-0.25, -0.2) is 4.39 Å². The summed E-state index contributed by atoms with van der Waals surface area (Å²) in [5, 5.41) is 2.58. The lowest BCUT2D eigenvalue weighted by atomic mass is 9.85. The third-order valence-corrected chi connectivity index (χ3v) is 4.94. The Labute approximate surface area is 161 Å². The summed E-state index contributed by atoms with van der Waals surface area (Å²) in [7, 11) is 0. The van der Waals surface area contributed by atoms with Crippen LogP contribution in [0.15, 0.2) is 36.4 Å².